The minimum Gasteiger partial charge on any atom is -0.465 e. The van der Waals surface area contributed by atoms with Gasteiger partial charge in [0, 0.05) is 24.7 Å². The van der Waals surface area contributed by atoms with E-state index in [9.17, 15) is 14.7 Å². The van der Waals surface area contributed by atoms with Gasteiger partial charge >= 0.3 is 11.9 Å². The predicted molar refractivity (Wildman–Crippen MR) is 109 cm³/mol. The Balaban J connectivity index is 1.75. The van der Waals surface area contributed by atoms with Crippen LogP contribution in [0.3, 0.4) is 0 Å². The molecule has 4 fully saturated rings. The van der Waals surface area contributed by atoms with Gasteiger partial charge in [-0.1, -0.05) is 20.3 Å². The smallest absolute Gasteiger partial charge is 0.302 e. The molecule has 2 bridgehead atoms. The number of carbonyl (C=O) groups is 2. The highest BCUT2D eigenvalue weighted by molar-refractivity contribution is 5.66. The van der Waals surface area contributed by atoms with Crippen molar-refractivity contribution >= 4 is 11.9 Å². The fraction of sp³-hybridized carbons (Fsp3) is 0.917. The molecule has 164 valence electrons. The minimum atomic E-state index is -0.675. The lowest BCUT2D eigenvalue weighted by Gasteiger charge is -2.65. The lowest BCUT2D eigenvalue weighted by Crippen LogP contribution is -2.63. The molecule has 0 amide bonds. The van der Waals surface area contributed by atoms with Crippen molar-refractivity contribution in [1.82, 2.24) is 0 Å². The van der Waals surface area contributed by atoms with E-state index in [-0.39, 0.29) is 34.3 Å². The van der Waals surface area contributed by atoms with Gasteiger partial charge in [0.25, 0.3) is 0 Å². The van der Waals surface area contributed by atoms with Gasteiger partial charge < -0.3 is 14.6 Å². The SMILES string of the molecule is CC(=O)OC[C@@]1(C)CCC[C@]2(C)[C@@H]1C[C@H](OC(C)=O)[C@@]13C[C@@H](CC[C@@H]21)[C@](C)(O)C3. The summed E-state index contributed by atoms with van der Waals surface area (Å²) in [4.78, 5) is 23.6. The minimum absolute atomic E-state index is 0.101. The van der Waals surface area contributed by atoms with Gasteiger partial charge in [-0.2, -0.15) is 0 Å². The van der Waals surface area contributed by atoms with Crippen molar-refractivity contribution < 1.29 is 24.2 Å². The van der Waals surface area contributed by atoms with Gasteiger partial charge in [0.1, 0.15) is 6.10 Å². The summed E-state index contributed by atoms with van der Waals surface area (Å²) in [6.07, 6.45) is 7.83. The molecule has 0 radical (unpaired) electrons. The Bertz CT molecular complexity index is 701. The zero-order valence-electron chi connectivity index (χ0n) is 18.8. The monoisotopic (exact) mass is 406 g/mol. The fourth-order valence-electron chi connectivity index (χ4n) is 8.59. The van der Waals surface area contributed by atoms with Crippen molar-refractivity contribution in [2.24, 2.45) is 34.0 Å². The number of aliphatic hydroxyl groups is 1. The summed E-state index contributed by atoms with van der Waals surface area (Å²) in [5, 5.41) is 11.2. The first-order valence-corrected chi connectivity index (χ1v) is 11.5. The standard InChI is InChI=1S/C24H38O5/c1-15(25)28-14-21(3)9-6-10-22(4)18-8-7-17-12-24(18,13-23(17,5)27)20(11-19(21)22)29-16(2)26/h17-20,27H,6-14H2,1-5H3/t17-,18+,19-,20+,21-,22+,23-,24-/m1/s1. The number of hydrogen-bond acceptors (Lipinski definition) is 5. The van der Waals surface area contributed by atoms with Gasteiger partial charge in [0.2, 0.25) is 0 Å². The summed E-state index contributed by atoms with van der Waals surface area (Å²) in [7, 11) is 0. The van der Waals surface area contributed by atoms with E-state index in [2.05, 4.69) is 13.8 Å². The lowest BCUT2D eigenvalue weighted by atomic mass is 9.40. The molecule has 1 spiro atoms. The summed E-state index contributed by atoms with van der Waals surface area (Å²) in [6.45, 7) is 10.1. The number of carbonyl (C=O) groups excluding carboxylic acids is 2. The van der Waals surface area contributed by atoms with Crippen LogP contribution in [0.15, 0.2) is 0 Å². The maximum absolute atomic E-state index is 12.1. The summed E-state index contributed by atoms with van der Waals surface area (Å²) in [6, 6.07) is 0. The van der Waals surface area contributed by atoms with Crippen molar-refractivity contribution in [2.75, 3.05) is 6.61 Å². The van der Waals surface area contributed by atoms with E-state index < -0.39 is 5.60 Å². The molecule has 1 N–H and O–H groups in total. The van der Waals surface area contributed by atoms with Crippen LogP contribution in [0, 0.1) is 34.0 Å². The molecular formula is C24H38O5. The van der Waals surface area contributed by atoms with Crippen molar-refractivity contribution in [2.45, 2.75) is 97.7 Å². The van der Waals surface area contributed by atoms with E-state index in [1.807, 2.05) is 6.92 Å². The van der Waals surface area contributed by atoms with Crippen LogP contribution in [-0.4, -0.2) is 35.4 Å². The number of esters is 2. The molecule has 4 aliphatic carbocycles. The van der Waals surface area contributed by atoms with Crippen LogP contribution in [0.5, 0.6) is 0 Å². The predicted octanol–water partition coefficient (Wildman–Crippen LogP) is 4.26. The molecule has 4 aliphatic rings. The second kappa shape index (κ2) is 6.70. The summed E-state index contributed by atoms with van der Waals surface area (Å²) < 4.78 is 11.6. The highest BCUT2D eigenvalue weighted by Crippen LogP contribution is 2.73. The topological polar surface area (TPSA) is 72.8 Å². The van der Waals surface area contributed by atoms with E-state index in [0.717, 1.165) is 44.9 Å². The van der Waals surface area contributed by atoms with E-state index in [0.29, 0.717) is 24.4 Å². The maximum atomic E-state index is 12.1. The largest absolute Gasteiger partial charge is 0.465 e. The zero-order chi connectivity index (χ0) is 21.2. The molecule has 4 rings (SSSR count). The van der Waals surface area contributed by atoms with Gasteiger partial charge in [-0.05, 0) is 75.0 Å². The molecule has 0 aliphatic heterocycles. The third kappa shape index (κ3) is 3.14. The molecule has 29 heavy (non-hydrogen) atoms. The molecule has 0 aromatic heterocycles. The Morgan fingerprint density at radius 3 is 2.41 bits per heavy atom. The van der Waals surface area contributed by atoms with Crippen LogP contribution >= 0.6 is 0 Å². The van der Waals surface area contributed by atoms with Gasteiger partial charge in [-0.3, -0.25) is 9.59 Å². The molecule has 0 unspecified atom stereocenters. The van der Waals surface area contributed by atoms with Gasteiger partial charge in [0.05, 0.1) is 12.2 Å². The van der Waals surface area contributed by atoms with Crippen LogP contribution in [-0.2, 0) is 19.1 Å². The molecule has 0 aromatic carbocycles. The molecule has 0 heterocycles. The van der Waals surface area contributed by atoms with Gasteiger partial charge in [-0.15, -0.1) is 0 Å². The lowest BCUT2D eigenvalue weighted by molar-refractivity contribution is -0.221. The molecule has 0 saturated heterocycles. The zero-order valence-corrected chi connectivity index (χ0v) is 18.8. The maximum Gasteiger partial charge on any atom is 0.302 e. The van der Waals surface area contributed by atoms with Crippen LogP contribution in [0.1, 0.15) is 86.0 Å². The third-order valence-corrected chi connectivity index (χ3v) is 9.59. The highest BCUT2D eigenvalue weighted by atomic mass is 16.5. The Hall–Kier alpha value is -1.10. The second-order valence-electron chi connectivity index (χ2n) is 11.5. The number of rotatable bonds is 3. The summed E-state index contributed by atoms with van der Waals surface area (Å²) in [5.74, 6) is 0.617. The van der Waals surface area contributed by atoms with E-state index in [1.54, 1.807) is 0 Å². The molecule has 5 heteroatoms. The van der Waals surface area contributed by atoms with Crippen LogP contribution in [0.4, 0.5) is 0 Å². The van der Waals surface area contributed by atoms with Crippen molar-refractivity contribution in [3.8, 4) is 0 Å². The van der Waals surface area contributed by atoms with Gasteiger partial charge in [0.15, 0.2) is 0 Å². The first-order chi connectivity index (χ1) is 13.4. The van der Waals surface area contributed by atoms with Crippen LogP contribution in [0.25, 0.3) is 0 Å². The van der Waals surface area contributed by atoms with Crippen molar-refractivity contribution in [3.63, 3.8) is 0 Å². The number of ether oxygens (including phenoxy) is 2. The Morgan fingerprint density at radius 2 is 1.76 bits per heavy atom. The molecule has 5 nitrogen and oxygen atoms in total. The van der Waals surface area contributed by atoms with E-state index in [4.69, 9.17) is 9.47 Å². The van der Waals surface area contributed by atoms with Crippen molar-refractivity contribution in [3.05, 3.63) is 0 Å². The molecule has 8 atom stereocenters. The first-order valence-electron chi connectivity index (χ1n) is 11.5. The first kappa shape index (κ1) is 21.1. The number of hydrogen-bond donors (Lipinski definition) is 1. The highest BCUT2D eigenvalue weighted by Gasteiger charge is 2.70. The van der Waals surface area contributed by atoms with Crippen LogP contribution < -0.4 is 0 Å². The average molecular weight is 407 g/mol. The van der Waals surface area contributed by atoms with Crippen molar-refractivity contribution in [1.29, 1.82) is 0 Å². The number of fused-ring (bicyclic) bond motifs is 3. The Labute approximate surface area is 174 Å². The van der Waals surface area contributed by atoms with E-state index in [1.165, 1.54) is 20.3 Å². The summed E-state index contributed by atoms with van der Waals surface area (Å²) >= 11 is 0. The quantitative estimate of drug-likeness (QED) is 0.709. The molecule has 4 saturated carbocycles. The normalized spacial score (nSPS) is 51.0. The second-order valence-corrected chi connectivity index (χ2v) is 11.5. The fourth-order valence-corrected chi connectivity index (χ4v) is 8.59. The third-order valence-electron chi connectivity index (χ3n) is 9.59. The van der Waals surface area contributed by atoms with Gasteiger partial charge in [-0.25, -0.2) is 0 Å². The molecular weight excluding hydrogens is 368 g/mol. The summed E-state index contributed by atoms with van der Waals surface area (Å²) in [5.41, 5.74) is -0.777. The average Bonchev–Trinajstić information content (AvgIpc) is 2.80. The Kier molecular flexibility index (Phi) is 4.88. The Morgan fingerprint density at radius 1 is 1.03 bits per heavy atom. The molecule has 0 aromatic rings. The van der Waals surface area contributed by atoms with Crippen LogP contribution in [0.2, 0.25) is 0 Å². The van der Waals surface area contributed by atoms with E-state index >= 15 is 0 Å².